The summed E-state index contributed by atoms with van der Waals surface area (Å²) in [5.74, 6) is 0. The van der Waals surface area contributed by atoms with Crippen molar-refractivity contribution in [1.29, 1.82) is 0 Å². The third-order valence-corrected chi connectivity index (χ3v) is 5.04. The summed E-state index contributed by atoms with van der Waals surface area (Å²) in [5.41, 5.74) is 0.907. The molecule has 1 unspecified atom stereocenters. The van der Waals surface area contributed by atoms with Crippen LogP contribution in [0.5, 0.6) is 0 Å². The van der Waals surface area contributed by atoms with E-state index in [2.05, 4.69) is 44.8 Å². The molecule has 0 bridgehead atoms. The van der Waals surface area contributed by atoms with E-state index >= 15 is 0 Å². The maximum Gasteiger partial charge on any atom is 0 e. The van der Waals surface area contributed by atoms with Gasteiger partial charge in [0.2, 0.25) is 0 Å². The van der Waals surface area contributed by atoms with Crippen LogP contribution in [0.3, 0.4) is 0 Å². The third-order valence-electron chi connectivity index (χ3n) is 4.78. The second kappa shape index (κ2) is 36.3. The topological polar surface area (TPSA) is 143 Å². The molecule has 8 nitrogen and oxygen atoms in total. The number of hydrogen-bond acceptors (Lipinski definition) is 2. The van der Waals surface area contributed by atoms with Crippen LogP contribution in [-0.2, 0) is 67.1 Å². The molecule has 1 saturated heterocycles. The van der Waals surface area contributed by atoms with Gasteiger partial charge in [-0.05, 0) is 68.6 Å². The van der Waals surface area contributed by atoms with Gasteiger partial charge in [-0.3, -0.25) is 0 Å². The fraction of sp³-hybridized carbons (Fsp3) is 0.308. The summed E-state index contributed by atoms with van der Waals surface area (Å²) in [6, 6.07) is 17.5. The first-order chi connectivity index (χ1) is 17.2. The molecular formula is C26H24ClCo2NO7. The molecule has 3 rings (SSSR count). The first-order valence-electron chi connectivity index (χ1n) is 9.67. The Labute approximate surface area is 243 Å². The van der Waals surface area contributed by atoms with E-state index in [4.69, 9.17) is 39.5 Å². The molecule has 200 valence electrons. The minimum atomic E-state index is -0.953. The van der Waals surface area contributed by atoms with Crippen molar-refractivity contribution in [3.8, 4) is 0 Å². The van der Waals surface area contributed by atoms with Crippen LogP contribution in [0.1, 0.15) is 36.8 Å². The largest absolute Gasteiger partial charge is 0 e. The van der Waals surface area contributed by atoms with Crippen molar-refractivity contribution in [1.82, 2.24) is 4.90 Å². The fourth-order valence-electron chi connectivity index (χ4n) is 3.46. The van der Waals surface area contributed by atoms with E-state index in [1.807, 2.05) is 54.6 Å². The van der Waals surface area contributed by atoms with Crippen molar-refractivity contribution < 1.29 is 66.6 Å². The van der Waals surface area contributed by atoms with E-state index in [0.717, 1.165) is 30.5 Å². The maximum absolute atomic E-state index is 11.5. The van der Waals surface area contributed by atoms with E-state index < -0.39 is 5.60 Å². The van der Waals surface area contributed by atoms with Gasteiger partial charge in [-0.1, -0.05) is 54.1 Å². The van der Waals surface area contributed by atoms with Crippen LogP contribution in [-0.4, -0.2) is 29.6 Å². The average Bonchev–Trinajstić information content (AvgIpc) is 3.50. The molecule has 1 aliphatic rings. The Kier molecular flexibility index (Phi) is 47.2. The predicted octanol–water partition coefficient (Wildman–Crippen LogP) is 4.22. The molecule has 1 aliphatic heterocycles. The van der Waals surface area contributed by atoms with E-state index in [0.29, 0.717) is 5.02 Å². The Bertz CT molecular complexity index is 832. The molecule has 0 amide bonds. The molecule has 2 aromatic rings. The van der Waals surface area contributed by atoms with Crippen LogP contribution >= 0.6 is 11.6 Å². The van der Waals surface area contributed by atoms with Gasteiger partial charge in [-0.25, -0.2) is 0 Å². The minimum Gasteiger partial charge on any atom is 0 e. The first kappa shape index (κ1) is 48.2. The van der Waals surface area contributed by atoms with Crippen molar-refractivity contribution >= 4 is 11.6 Å². The summed E-state index contributed by atoms with van der Waals surface area (Å²) in [4.78, 5) is 2.49. The zero-order chi connectivity index (χ0) is 28.1. The van der Waals surface area contributed by atoms with Crippen LogP contribution < -0.4 is 0 Å². The van der Waals surface area contributed by atoms with Gasteiger partial charge in [0.05, 0.1) is 0 Å². The van der Waals surface area contributed by atoms with E-state index in [1.165, 1.54) is 25.9 Å². The number of rotatable bonds is 6. The zero-order valence-electron chi connectivity index (χ0n) is 19.5. The van der Waals surface area contributed by atoms with Gasteiger partial charge in [0.25, 0.3) is 0 Å². The second-order valence-corrected chi connectivity index (χ2v) is 6.82. The van der Waals surface area contributed by atoms with Gasteiger partial charge in [-0.15, -0.1) is 0 Å². The molecule has 0 saturated carbocycles. The molecule has 0 spiro atoms. The van der Waals surface area contributed by atoms with E-state index in [-0.39, 0.29) is 33.6 Å². The van der Waals surface area contributed by atoms with Crippen molar-refractivity contribution in [2.24, 2.45) is 0 Å². The Morgan fingerprint density at radius 2 is 1.05 bits per heavy atom. The van der Waals surface area contributed by atoms with Gasteiger partial charge in [-0.2, -0.15) is 0 Å². The van der Waals surface area contributed by atoms with Crippen molar-refractivity contribution in [3.63, 3.8) is 0 Å². The number of nitrogens with zero attached hydrogens (tertiary/aromatic N) is 1. The van der Waals surface area contributed by atoms with Crippen LogP contribution in [0, 0.1) is 39.9 Å². The summed E-state index contributed by atoms with van der Waals surface area (Å²) < 4.78 is 45.0. The zero-order valence-corrected chi connectivity index (χ0v) is 22.4. The minimum absolute atomic E-state index is 0. The number of likely N-dealkylation sites (tertiary alicyclic amines) is 1. The third kappa shape index (κ3) is 19.8. The Morgan fingerprint density at radius 3 is 1.46 bits per heavy atom. The van der Waals surface area contributed by atoms with Gasteiger partial charge in [0.15, 0.2) is 0 Å². The molecule has 2 aromatic carbocycles. The molecule has 1 heterocycles. The number of halogens is 1. The standard InChI is InChI=1S/C20H24ClNO.6CO.2Co/c21-19-11-9-18(10-12-19)20(23,17-7-2-1-3-8-17)13-6-16-22-14-4-5-15-22;6*1-2;;/h1-3,7-12,23H,4-6,13-16H2;;;;;;;;. The fourth-order valence-corrected chi connectivity index (χ4v) is 3.59. The van der Waals surface area contributed by atoms with Crippen LogP contribution in [0.4, 0.5) is 0 Å². The molecule has 1 fully saturated rings. The summed E-state index contributed by atoms with van der Waals surface area (Å²) in [6.07, 6.45) is 4.31. The second-order valence-electron chi connectivity index (χ2n) is 6.39. The number of hydrogen-bond donors (Lipinski definition) is 1. The molecule has 0 aliphatic carbocycles. The number of aliphatic hydroxyl groups is 1. The molecule has 1 atom stereocenters. The molecule has 2 radical (unpaired) electrons. The first-order valence-corrected chi connectivity index (χ1v) is 10.0. The SMILES string of the molecule is OC(CCCN1CCCC1)(c1ccccc1)c1ccc(Cl)cc1.[C-]#[O+].[C-]#[O+].[C-]#[O+].[C-]#[O+].[C-]#[O+].[C-]#[O+].[Co].[Co]. The van der Waals surface area contributed by atoms with E-state index in [9.17, 15) is 5.11 Å². The summed E-state index contributed by atoms with van der Waals surface area (Å²) in [6.45, 7) is 30.5. The Hall–Kier alpha value is -1.90. The monoisotopic (exact) mass is 615 g/mol. The quantitative estimate of drug-likeness (QED) is 0.384. The van der Waals surface area contributed by atoms with E-state index in [1.54, 1.807) is 0 Å². The number of benzene rings is 2. The predicted molar refractivity (Wildman–Crippen MR) is 119 cm³/mol. The van der Waals surface area contributed by atoms with Crippen molar-refractivity contribution in [3.05, 3.63) is 111 Å². The summed E-state index contributed by atoms with van der Waals surface area (Å²) in [7, 11) is 0. The van der Waals surface area contributed by atoms with Crippen LogP contribution in [0.25, 0.3) is 0 Å². The molecule has 0 aromatic heterocycles. The normalized spacial score (nSPS) is 11.5. The summed E-state index contributed by atoms with van der Waals surface area (Å²) in [5, 5.41) is 12.2. The van der Waals surface area contributed by atoms with Gasteiger partial charge >= 0.3 is 67.8 Å². The van der Waals surface area contributed by atoms with Crippen LogP contribution in [0.15, 0.2) is 54.6 Å². The summed E-state index contributed by atoms with van der Waals surface area (Å²) >= 11 is 6.01. The Morgan fingerprint density at radius 1 is 0.676 bits per heavy atom. The average molecular weight is 616 g/mol. The van der Waals surface area contributed by atoms with Crippen molar-refractivity contribution in [2.45, 2.75) is 31.3 Å². The molecular weight excluding hydrogens is 592 g/mol. The van der Waals surface area contributed by atoms with Gasteiger partial charge < -0.3 is 10.0 Å². The van der Waals surface area contributed by atoms with Crippen LogP contribution in [0.2, 0.25) is 5.02 Å². The molecule has 11 heteroatoms. The molecule has 37 heavy (non-hydrogen) atoms. The van der Waals surface area contributed by atoms with Gasteiger partial charge in [0.1, 0.15) is 5.60 Å². The van der Waals surface area contributed by atoms with Gasteiger partial charge in [0, 0.05) is 38.6 Å². The maximum atomic E-state index is 11.5. The van der Waals surface area contributed by atoms with Crippen molar-refractivity contribution in [2.75, 3.05) is 19.6 Å². The Balaban J connectivity index is -0.000000152. The smallest absolute Gasteiger partial charge is 0 e. The molecule has 1 N–H and O–H groups in total.